The molecule has 1 spiro atoms. The standard InChI is InChI=1S/C16H19NO3/c18-15-7-3-5-13-10-16(8-9-17(13)15)19-11-12-4-1-2-6-14(12)20-16/h1-2,4,6,13H,3,5,7-11H2. The lowest BCUT2D eigenvalue weighted by atomic mass is 9.88. The van der Waals surface area contributed by atoms with Crippen molar-refractivity contribution in [3.05, 3.63) is 29.8 Å². The van der Waals surface area contributed by atoms with E-state index < -0.39 is 5.79 Å². The lowest BCUT2D eigenvalue weighted by molar-refractivity contribution is -0.237. The summed E-state index contributed by atoms with van der Waals surface area (Å²) < 4.78 is 12.2. The Hall–Kier alpha value is -1.55. The minimum atomic E-state index is -0.521. The van der Waals surface area contributed by atoms with Crippen LogP contribution in [-0.4, -0.2) is 29.2 Å². The Morgan fingerprint density at radius 2 is 2.20 bits per heavy atom. The van der Waals surface area contributed by atoms with Crippen molar-refractivity contribution in [1.82, 2.24) is 4.90 Å². The van der Waals surface area contributed by atoms with Crippen LogP contribution in [0.15, 0.2) is 24.3 Å². The monoisotopic (exact) mass is 273 g/mol. The molecule has 0 aliphatic carbocycles. The zero-order valence-electron chi connectivity index (χ0n) is 11.5. The molecule has 2 fully saturated rings. The second-order valence-electron chi connectivity index (χ2n) is 6.00. The zero-order chi connectivity index (χ0) is 13.6. The van der Waals surface area contributed by atoms with Crippen LogP contribution < -0.4 is 4.74 Å². The summed E-state index contributed by atoms with van der Waals surface area (Å²) in [5.74, 6) is 0.717. The summed E-state index contributed by atoms with van der Waals surface area (Å²) in [6.45, 7) is 1.36. The Kier molecular flexibility index (Phi) is 2.74. The molecular formula is C16H19NO3. The Bertz CT molecular complexity index is 544. The molecule has 4 heteroatoms. The summed E-state index contributed by atoms with van der Waals surface area (Å²) in [6.07, 6.45) is 4.33. The van der Waals surface area contributed by atoms with E-state index in [-0.39, 0.29) is 6.04 Å². The van der Waals surface area contributed by atoms with Crippen LogP contribution in [0.25, 0.3) is 0 Å². The van der Waals surface area contributed by atoms with Gasteiger partial charge in [-0.05, 0) is 18.9 Å². The summed E-state index contributed by atoms with van der Waals surface area (Å²) >= 11 is 0. The minimum Gasteiger partial charge on any atom is -0.462 e. The van der Waals surface area contributed by atoms with E-state index in [0.29, 0.717) is 18.9 Å². The second kappa shape index (κ2) is 4.48. The SMILES string of the molecule is O=C1CCCC2CC3(CCN12)OCc1ccccc1O3. The highest BCUT2D eigenvalue weighted by Crippen LogP contribution is 2.41. The number of nitrogens with zero attached hydrogens (tertiary/aromatic N) is 1. The molecule has 1 amide bonds. The number of hydrogen-bond acceptors (Lipinski definition) is 3. The normalized spacial score (nSPS) is 32.5. The molecule has 3 aliphatic heterocycles. The van der Waals surface area contributed by atoms with Gasteiger partial charge in [0.15, 0.2) is 0 Å². The van der Waals surface area contributed by atoms with Crippen LogP contribution in [0.3, 0.4) is 0 Å². The van der Waals surface area contributed by atoms with Crippen LogP contribution in [0.1, 0.15) is 37.7 Å². The molecule has 0 N–H and O–H groups in total. The Labute approximate surface area is 118 Å². The van der Waals surface area contributed by atoms with Gasteiger partial charge in [-0.1, -0.05) is 18.2 Å². The van der Waals surface area contributed by atoms with E-state index in [0.717, 1.165) is 43.5 Å². The van der Waals surface area contributed by atoms with Crippen LogP contribution >= 0.6 is 0 Å². The number of piperidine rings is 2. The number of para-hydroxylation sites is 1. The number of benzene rings is 1. The minimum absolute atomic E-state index is 0.287. The van der Waals surface area contributed by atoms with Crippen molar-refractivity contribution >= 4 is 5.91 Å². The summed E-state index contributed by atoms with van der Waals surface area (Å²) in [5.41, 5.74) is 1.11. The van der Waals surface area contributed by atoms with Crippen LogP contribution in [0.4, 0.5) is 0 Å². The molecule has 2 atom stereocenters. The molecule has 4 rings (SSSR count). The first-order chi connectivity index (χ1) is 9.76. The van der Waals surface area contributed by atoms with Gasteiger partial charge in [0, 0.05) is 37.4 Å². The summed E-state index contributed by atoms with van der Waals surface area (Å²) in [5, 5.41) is 0. The summed E-state index contributed by atoms with van der Waals surface area (Å²) in [6, 6.07) is 8.35. The molecule has 0 saturated carbocycles. The fourth-order valence-electron chi connectivity index (χ4n) is 3.65. The molecule has 1 aromatic rings. The lowest BCUT2D eigenvalue weighted by Gasteiger charge is -2.49. The van der Waals surface area contributed by atoms with Gasteiger partial charge >= 0.3 is 0 Å². The van der Waals surface area contributed by atoms with Gasteiger partial charge in [0.2, 0.25) is 11.7 Å². The lowest BCUT2D eigenvalue weighted by Crippen LogP contribution is -2.58. The van der Waals surface area contributed by atoms with Crippen LogP contribution in [0.5, 0.6) is 5.75 Å². The first-order valence-electron chi connectivity index (χ1n) is 7.46. The Morgan fingerprint density at radius 3 is 3.15 bits per heavy atom. The quantitative estimate of drug-likeness (QED) is 0.729. The molecule has 2 unspecified atom stereocenters. The first-order valence-corrected chi connectivity index (χ1v) is 7.46. The predicted molar refractivity (Wildman–Crippen MR) is 73.2 cm³/mol. The maximum absolute atomic E-state index is 11.9. The van der Waals surface area contributed by atoms with Crippen molar-refractivity contribution in [2.24, 2.45) is 0 Å². The van der Waals surface area contributed by atoms with Gasteiger partial charge in [-0.3, -0.25) is 4.79 Å². The molecule has 0 bridgehead atoms. The number of amides is 1. The van der Waals surface area contributed by atoms with E-state index in [1.165, 1.54) is 0 Å². The summed E-state index contributed by atoms with van der Waals surface area (Å²) in [7, 11) is 0. The van der Waals surface area contributed by atoms with E-state index in [9.17, 15) is 4.79 Å². The maximum atomic E-state index is 11.9. The Balaban J connectivity index is 1.57. The molecule has 2 saturated heterocycles. The van der Waals surface area contributed by atoms with E-state index in [1.807, 2.05) is 29.2 Å². The summed E-state index contributed by atoms with van der Waals surface area (Å²) in [4.78, 5) is 14.0. The van der Waals surface area contributed by atoms with Crippen molar-refractivity contribution in [1.29, 1.82) is 0 Å². The average molecular weight is 273 g/mol. The molecule has 20 heavy (non-hydrogen) atoms. The molecule has 106 valence electrons. The predicted octanol–water partition coefficient (Wildman–Crippen LogP) is 2.47. The van der Waals surface area contributed by atoms with Crippen LogP contribution in [-0.2, 0) is 16.1 Å². The highest BCUT2D eigenvalue weighted by Gasteiger charge is 2.46. The number of ether oxygens (including phenoxy) is 2. The molecule has 3 heterocycles. The number of hydrogen-bond donors (Lipinski definition) is 0. The second-order valence-corrected chi connectivity index (χ2v) is 6.00. The number of rotatable bonds is 0. The van der Waals surface area contributed by atoms with Crippen molar-refractivity contribution in [3.63, 3.8) is 0 Å². The third kappa shape index (κ3) is 1.90. The third-order valence-electron chi connectivity index (χ3n) is 4.73. The highest BCUT2D eigenvalue weighted by atomic mass is 16.7. The highest BCUT2D eigenvalue weighted by molar-refractivity contribution is 5.77. The third-order valence-corrected chi connectivity index (χ3v) is 4.73. The van der Waals surface area contributed by atoms with Crippen molar-refractivity contribution in [2.75, 3.05) is 6.54 Å². The van der Waals surface area contributed by atoms with Crippen LogP contribution in [0.2, 0.25) is 0 Å². The van der Waals surface area contributed by atoms with Crippen LogP contribution in [0, 0.1) is 0 Å². The largest absolute Gasteiger partial charge is 0.462 e. The van der Waals surface area contributed by atoms with E-state index >= 15 is 0 Å². The number of carbonyl (C=O) groups is 1. The fraction of sp³-hybridized carbons (Fsp3) is 0.562. The van der Waals surface area contributed by atoms with Crippen molar-refractivity contribution < 1.29 is 14.3 Å². The molecular weight excluding hydrogens is 254 g/mol. The van der Waals surface area contributed by atoms with E-state index in [1.54, 1.807) is 0 Å². The van der Waals surface area contributed by atoms with Gasteiger partial charge in [-0.2, -0.15) is 0 Å². The molecule has 0 aromatic heterocycles. The van der Waals surface area contributed by atoms with Gasteiger partial charge in [0.05, 0.1) is 6.61 Å². The Morgan fingerprint density at radius 1 is 1.30 bits per heavy atom. The van der Waals surface area contributed by atoms with Crippen molar-refractivity contribution in [3.8, 4) is 5.75 Å². The van der Waals surface area contributed by atoms with E-state index in [4.69, 9.17) is 9.47 Å². The zero-order valence-corrected chi connectivity index (χ0v) is 11.5. The maximum Gasteiger partial charge on any atom is 0.222 e. The van der Waals surface area contributed by atoms with Gasteiger partial charge in [-0.15, -0.1) is 0 Å². The first kappa shape index (κ1) is 12.2. The smallest absolute Gasteiger partial charge is 0.222 e. The molecule has 1 aromatic carbocycles. The van der Waals surface area contributed by atoms with Gasteiger partial charge in [0.1, 0.15) is 5.75 Å². The van der Waals surface area contributed by atoms with Gasteiger partial charge in [0.25, 0.3) is 0 Å². The topological polar surface area (TPSA) is 38.8 Å². The number of carbonyl (C=O) groups excluding carboxylic acids is 1. The van der Waals surface area contributed by atoms with E-state index in [2.05, 4.69) is 0 Å². The molecule has 4 nitrogen and oxygen atoms in total. The number of fused-ring (bicyclic) bond motifs is 2. The van der Waals surface area contributed by atoms with Gasteiger partial charge < -0.3 is 14.4 Å². The average Bonchev–Trinajstić information content (AvgIpc) is 2.47. The van der Waals surface area contributed by atoms with Crippen molar-refractivity contribution in [2.45, 2.75) is 50.5 Å². The molecule has 3 aliphatic rings. The fourth-order valence-corrected chi connectivity index (χ4v) is 3.65. The van der Waals surface area contributed by atoms with Gasteiger partial charge in [-0.25, -0.2) is 0 Å². The molecule has 0 radical (unpaired) electrons.